The number of halogens is 1. The Kier molecular flexibility index (Phi) is 3.86. The number of aromatic nitrogens is 4. The molecule has 138 valence electrons. The van der Waals surface area contributed by atoms with Gasteiger partial charge in [-0.2, -0.15) is 0 Å². The lowest BCUT2D eigenvalue weighted by molar-refractivity contribution is 0.0708. The van der Waals surface area contributed by atoms with E-state index in [9.17, 15) is 9.18 Å². The third-order valence-electron chi connectivity index (χ3n) is 4.96. The predicted molar refractivity (Wildman–Crippen MR) is 102 cm³/mol. The molecule has 1 aliphatic rings. The Morgan fingerprint density at radius 1 is 0.929 bits per heavy atom. The summed E-state index contributed by atoms with van der Waals surface area (Å²) in [6.07, 6.45) is 0. The van der Waals surface area contributed by atoms with Crippen molar-refractivity contribution in [1.29, 1.82) is 0 Å². The molecule has 0 unspecified atom stereocenters. The van der Waals surface area contributed by atoms with Crippen LogP contribution in [0.2, 0.25) is 0 Å². The van der Waals surface area contributed by atoms with Crippen molar-refractivity contribution in [3.63, 3.8) is 0 Å². The van der Waals surface area contributed by atoms with Crippen LogP contribution in [0.4, 0.5) is 4.39 Å². The van der Waals surface area contributed by atoms with E-state index < -0.39 is 0 Å². The summed E-state index contributed by atoms with van der Waals surface area (Å²) >= 11 is 0. The second-order valence-electron chi connectivity index (χ2n) is 6.71. The van der Waals surface area contributed by atoms with Gasteiger partial charge in [0.2, 0.25) is 0 Å². The molecule has 0 atom stereocenters. The van der Waals surface area contributed by atoms with Crippen LogP contribution in [0.1, 0.15) is 16.2 Å². The summed E-state index contributed by atoms with van der Waals surface area (Å²) in [5.74, 6) is 0.920. The van der Waals surface area contributed by atoms with Crippen LogP contribution in [-0.2, 0) is 13.1 Å². The van der Waals surface area contributed by atoms with Gasteiger partial charge in [0.05, 0.1) is 12.1 Å². The van der Waals surface area contributed by atoms with Gasteiger partial charge < -0.3 is 9.47 Å². The lowest BCUT2D eigenvalue weighted by Gasteiger charge is -2.27. The highest BCUT2D eigenvalue weighted by Gasteiger charge is 2.26. The minimum absolute atomic E-state index is 0.139. The Bertz CT molecular complexity index is 1190. The lowest BCUT2D eigenvalue weighted by Crippen LogP contribution is -2.38. The van der Waals surface area contributed by atoms with Crippen molar-refractivity contribution in [2.75, 3.05) is 6.54 Å². The second-order valence-corrected chi connectivity index (χ2v) is 6.71. The standard InChI is InChI=1S/C21H16FN5O/c22-16-8-5-15(6-9-16)21(28)26-11-12-27-19(13-26)24-25-20(27)18-10-7-14-3-1-2-4-17(14)23-18/h1-10H,11-13H2. The lowest BCUT2D eigenvalue weighted by atomic mass is 10.1. The van der Waals surface area contributed by atoms with Gasteiger partial charge in [-0.3, -0.25) is 4.79 Å². The van der Waals surface area contributed by atoms with Gasteiger partial charge in [-0.05, 0) is 36.4 Å². The van der Waals surface area contributed by atoms with E-state index in [4.69, 9.17) is 4.98 Å². The summed E-state index contributed by atoms with van der Waals surface area (Å²) < 4.78 is 15.1. The maximum absolute atomic E-state index is 13.1. The van der Waals surface area contributed by atoms with Crippen molar-refractivity contribution in [3.8, 4) is 11.5 Å². The number of hydrogen-bond donors (Lipinski definition) is 0. The van der Waals surface area contributed by atoms with E-state index in [2.05, 4.69) is 10.2 Å². The largest absolute Gasteiger partial charge is 0.329 e. The highest BCUT2D eigenvalue weighted by Crippen LogP contribution is 2.23. The number of carbonyl (C=O) groups is 1. The third kappa shape index (κ3) is 2.81. The zero-order valence-corrected chi connectivity index (χ0v) is 14.9. The Morgan fingerprint density at radius 3 is 2.61 bits per heavy atom. The van der Waals surface area contributed by atoms with Gasteiger partial charge in [0, 0.05) is 24.0 Å². The molecule has 0 radical (unpaired) electrons. The van der Waals surface area contributed by atoms with E-state index >= 15 is 0 Å². The fourth-order valence-electron chi connectivity index (χ4n) is 3.49. The number of fused-ring (bicyclic) bond motifs is 2. The minimum Gasteiger partial charge on any atom is -0.329 e. The topological polar surface area (TPSA) is 63.9 Å². The van der Waals surface area contributed by atoms with Crippen LogP contribution >= 0.6 is 0 Å². The molecule has 0 N–H and O–H groups in total. The Morgan fingerprint density at radius 2 is 1.75 bits per heavy atom. The Labute approximate surface area is 160 Å². The summed E-state index contributed by atoms with van der Waals surface area (Å²) in [4.78, 5) is 19.1. The SMILES string of the molecule is O=C(c1ccc(F)cc1)N1CCn2c(nnc2-c2ccc3ccccc3n2)C1. The zero-order chi connectivity index (χ0) is 19.1. The molecule has 0 saturated heterocycles. The Hall–Kier alpha value is -3.61. The molecule has 2 aromatic heterocycles. The first kappa shape index (κ1) is 16.6. The molecule has 3 heterocycles. The van der Waals surface area contributed by atoms with E-state index in [0.29, 0.717) is 36.8 Å². The highest BCUT2D eigenvalue weighted by atomic mass is 19.1. The molecule has 28 heavy (non-hydrogen) atoms. The van der Waals surface area contributed by atoms with Crippen LogP contribution in [0.15, 0.2) is 60.7 Å². The number of benzene rings is 2. The molecule has 0 saturated carbocycles. The van der Waals surface area contributed by atoms with E-state index in [0.717, 1.165) is 16.6 Å². The smallest absolute Gasteiger partial charge is 0.254 e. The van der Waals surface area contributed by atoms with Gasteiger partial charge in [-0.1, -0.05) is 24.3 Å². The maximum atomic E-state index is 13.1. The number of amides is 1. The summed E-state index contributed by atoms with van der Waals surface area (Å²) in [6.45, 7) is 1.47. The number of para-hydroxylation sites is 1. The molecule has 0 spiro atoms. The molecule has 7 heteroatoms. The van der Waals surface area contributed by atoms with Crippen molar-refractivity contribution >= 4 is 16.8 Å². The minimum atomic E-state index is -0.359. The summed E-state index contributed by atoms with van der Waals surface area (Å²) in [6, 6.07) is 17.5. The number of pyridine rings is 1. The first-order valence-electron chi connectivity index (χ1n) is 9.02. The number of carbonyl (C=O) groups excluding carboxylic acids is 1. The average molecular weight is 373 g/mol. The molecule has 0 aliphatic carbocycles. The normalized spacial score (nSPS) is 13.5. The van der Waals surface area contributed by atoms with Crippen LogP contribution in [0, 0.1) is 5.82 Å². The van der Waals surface area contributed by atoms with Crippen molar-refractivity contribution in [1.82, 2.24) is 24.6 Å². The summed E-state index contributed by atoms with van der Waals surface area (Å²) in [5.41, 5.74) is 2.13. The van der Waals surface area contributed by atoms with E-state index in [1.807, 2.05) is 41.0 Å². The molecule has 1 aliphatic heterocycles. The first-order chi connectivity index (χ1) is 13.7. The van der Waals surface area contributed by atoms with E-state index in [1.54, 1.807) is 4.90 Å². The van der Waals surface area contributed by atoms with Crippen LogP contribution < -0.4 is 0 Å². The third-order valence-corrected chi connectivity index (χ3v) is 4.96. The molecule has 6 nitrogen and oxygen atoms in total. The molecule has 4 aromatic rings. The van der Waals surface area contributed by atoms with Crippen molar-refractivity contribution < 1.29 is 9.18 Å². The average Bonchev–Trinajstić information content (AvgIpc) is 3.16. The van der Waals surface area contributed by atoms with Crippen molar-refractivity contribution in [2.45, 2.75) is 13.1 Å². The van der Waals surface area contributed by atoms with Gasteiger partial charge in [-0.15, -0.1) is 10.2 Å². The van der Waals surface area contributed by atoms with Gasteiger partial charge in [0.1, 0.15) is 11.5 Å². The molecule has 0 fully saturated rings. The number of hydrogen-bond acceptors (Lipinski definition) is 4. The van der Waals surface area contributed by atoms with Gasteiger partial charge in [-0.25, -0.2) is 9.37 Å². The molecule has 0 bridgehead atoms. The van der Waals surface area contributed by atoms with E-state index in [1.165, 1.54) is 24.3 Å². The van der Waals surface area contributed by atoms with Gasteiger partial charge in [0.25, 0.3) is 5.91 Å². The van der Waals surface area contributed by atoms with Gasteiger partial charge >= 0.3 is 0 Å². The molecular weight excluding hydrogens is 357 g/mol. The molecule has 1 amide bonds. The Balaban J connectivity index is 1.43. The zero-order valence-electron chi connectivity index (χ0n) is 14.9. The summed E-state index contributed by atoms with van der Waals surface area (Å²) in [5, 5.41) is 9.66. The van der Waals surface area contributed by atoms with Gasteiger partial charge in [0.15, 0.2) is 11.6 Å². The van der Waals surface area contributed by atoms with Crippen LogP contribution in [0.5, 0.6) is 0 Å². The monoisotopic (exact) mass is 373 g/mol. The molecular formula is C21H16FN5O. The van der Waals surface area contributed by atoms with Crippen LogP contribution in [0.3, 0.4) is 0 Å². The number of rotatable bonds is 2. The van der Waals surface area contributed by atoms with Crippen LogP contribution in [0.25, 0.3) is 22.4 Å². The van der Waals surface area contributed by atoms with Crippen molar-refractivity contribution in [3.05, 3.63) is 77.9 Å². The van der Waals surface area contributed by atoms with E-state index in [-0.39, 0.29) is 11.7 Å². The summed E-state index contributed by atoms with van der Waals surface area (Å²) in [7, 11) is 0. The highest BCUT2D eigenvalue weighted by molar-refractivity contribution is 5.94. The van der Waals surface area contributed by atoms with Crippen LogP contribution in [-0.4, -0.2) is 37.1 Å². The first-order valence-corrected chi connectivity index (χ1v) is 9.02. The molecule has 5 rings (SSSR count). The number of nitrogens with zero attached hydrogens (tertiary/aromatic N) is 5. The molecule has 2 aromatic carbocycles. The second kappa shape index (κ2) is 6.53. The quantitative estimate of drug-likeness (QED) is 0.541. The predicted octanol–water partition coefficient (Wildman–Crippen LogP) is 3.29. The van der Waals surface area contributed by atoms with Crippen molar-refractivity contribution in [2.24, 2.45) is 0 Å². The fourth-order valence-corrected chi connectivity index (χ4v) is 3.49. The maximum Gasteiger partial charge on any atom is 0.254 e. The fraction of sp³-hybridized carbons (Fsp3) is 0.143.